The first-order chi connectivity index (χ1) is 12.0. The Morgan fingerprint density at radius 2 is 1.88 bits per heavy atom. The molecular formula is C17H16BF2N3O2. The van der Waals surface area contributed by atoms with Crippen molar-refractivity contribution in [2.24, 2.45) is 0 Å². The highest BCUT2D eigenvalue weighted by molar-refractivity contribution is 6.45. The van der Waals surface area contributed by atoms with Gasteiger partial charge < -0.3 is 15.1 Å². The molecule has 3 aromatic rings. The summed E-state index contributed by atoms with van der Waals surface area (Å²) < 4.78 is 33.4. The van der Waals surface area contributed by atoms with Gasteiger partial charge in [0, 0.05) is 17.5 Å². The van der Waals surface area contributed by atoms with Crippen LogP contribution in [0.3, 0.4) is 0 Å². The molecule has 0 saturated carbocycles. The summed E-state index contributed by atoms with van der Waals surface area (Å²) in [4.78, 5) is 8.37. The molecule has 5 nitrogen and oxygen atoms in total. The lowest BCUT2D eigenvalue weighted by atomic mass is 9.88. The quantitative estimate of drug-likeness (QED) is 0.692. The van der Waals surface area contributed by atoms with E-state index in [1.54, 1.807) is 13.2 Å². The van der Waals surface area contributed by atoms with Gasteiger partial charge in [0.2, 0.25) is 0 Å². The summed E-state index contributed by atoms with van der Waals surface area (Å²) >= 11 is 0. The number of hydrogen-bond donors (Lipinski definition) is 2. The molecule has 0 saturated heterocycles. The summed E-state index contributed by atoms with van der Waals surface area (Å²) in [6.45, 7) is 1.81. The predicted molar refractivity (Wildman–Crippen MR) is 93.5 cm³/mol. The average molecular weight is 343 g/mol. The van der Waals surface area contributed by atoms with Crippen LogP contribution in [0.15, 0.2) is 30.6 Å². The molecule has 2 aromatic carbocycles. The van der Waals surface area contributed by atoms with Crippen molar-refractivity contribution in [2.45, 2.75) is 13.5 Å². The second-order valence-electron chi connectivity index (χ2n) is 5.61. The number of rotatable bonds is 5. The molecule has 0 aliphatic rings. The number of fused-ring (bicyclic) bond motifs is 1. The van der Waals surface area contributed by atoms with Gasteiger partial charge >= 0.3 is 7.48 Å². The number of hydrogen-bond acceptors (Lipinski definition) is 5. The molecule has 0 aliphatic carbocycles. The van der Waals surface area contributed by atoms with Crippen LogP contribution in [0, 0.1) is 18.6 Å². The number of aromatic nitrogens is 2. The van der Waals surface area contributed by atoms with Crippen molar-refractivity contribution < 1.29 is 18.5 Å². The average Bonchev–Trinajstić information content (AvgIpc) is 2.60. The molecule has 0 atom stereocenters. The van der Waals surface area contributed by atoms with E-state index in [1.807, 2.05) is 13.0 Å². The van der Waals surface area contributed by atoms with E-state index in [9.17, 15) is 8.78 Å². The first-order valence-corrected chi connectivity index (χ1v) is 7.64. The highest BCUT2D eigenvalue weighted by Crippen LogP contribution is 2.28. The van der Waals surface area contributed by atoms with Gasteiger partial charge in [-0.2, -0.15) is 0 Å². The Kier molecular flexibility index (Phi) is 4.80. The van der Waals surface area contributed by atoms with E-state index in [4.69, 9.17) is 9.76 Å². The third kappa shape index (κ3) is 3.39. The number of benzene rings is 2. The second-order valence-corrected chi connectivity index (χ2v) is 5.61. The molecule has 0 fully saturated rings. The molecule has 0 radical (unpaired) electrons. The fourth-order valence-corrected chi connectivity index (χ4v) is 2.64. The number of methoxy groups -OCH3 is 1. The maximum atomic E-state index is 14.0. The van der Waals surface area contributed by atoms with Gasteiger partial charge in [-0.05, 0) is 42.2 Å². The van der Waals surface area contributed by atoms with E-state index < -0.39 is 19.1 Å². The molecule has 128 valence electrons. The van der Waals surface area contributed by atoms with Crippen LogP contribution in [-0.4, -0.2) is 29.6 Å². The van der Waals surface area contributed by atoms with Crippen molar-refractivity contribution in [3.8, 4) is 5.75 Å². The standard InChI is InChI=1S/C17H16BF2N3O2/c1-9-3-15-11(6-16(9)25-2)17(23-8-22-15)21-7-12-13(19)4-10(18-24)5-14(12)20/h3-6,8,18,24H,7H2,1-2H3,(H,21,22,23). The number of nitrogens with zero attached hydrogens (tertiary/aromatic N) is 2. The number of nitrogens with one attached hydrogen (secondary N) is 1. The van der Waals surface area contributed by atoms with Crippen molar-refractivity contribution in [1.82, 2.24) is 9.97 Å². The summed E-state index contributed by atoms with van der Waals surface area (Å²) in [5, 5.41) is 12.6. The zero-order valence-corrected chi connectivity index (χ0v) is 13.8. The lowest BCUT2D eigenvalue weighted by molar-refractivity contribution is 0.412. The monoisotopic (exact) mass is 343 g/mol. The van der Waals surface area contributed by atoms with E-state index in [-0.39, 0.29) is 17.6 Å². The van der Waals surface area contributed by atoms with Crippen molar-refractivity contribution in [2.75, 3.05) is 12.4 Å². The molecule has 8 heteroatoms. The van der Waals surface area contributed by atoms with Crippen molar-refractivity contribution in [1.29, 1.82) is 0 Å². The van der Waals surface area contributed by atoms with Crippen LogP contribution in [-0.2, 0) is 6.54 Å². The van der Waals surface area contributed by atoms with E-state index in [0.717, 1.165) is 17.7 Å². The van der Waals surface area contributed by atoms with Gasteiger partial charge in [0.05, 0.1) is 12.6 Å². The first kappa shape index (κ1) is 17.1. The van der Waals surface area contributed by atoms with Gasteiger partial charge in [0.25, 0.3) is 0 Å². The lowest BCUT2D eigenvalue weighted by Crippen LogP contribution is -2.17. The van der Waals surface area contributed by atoms with Crippen LogP contribution >= 0.6 is 0 Å². The Morgan fingerprint density at radius 3 is 2.52 bits per heavy atom. The van der Waals surface area contributed by atoms with E-state index >= 15 is 0 Å². The summed E-state index contributed by atoms with van der Waals surface area (Å²) in [7, 11) is 1.15. The Morgan fingerprint density at radius 1 is 1.16 bits per heavy atom. The Balaban J connectivity index is 1.94. The Hall–Kier alpha value is -2.74. The Labute approximate surface area is 144 Å². The minimum atomic E-state index is -0.719. The summed E-state index contributed by atoms with van der Waals surface area (Å²) in [5.41, 5.74) is 1.69. The maximum Gasteiger partial charge on any atom is 0.304 e. The van der Waals surface area contributed by atoms with Crippen LogP contribution in [0.1, 0.15) is 11.1 Å². The molecule has 0 unspecified atom stereocenters. The SMILES string of the molecule is COc1cc2c(NCc3c(F)cc(BO)cc3F)ncnc2cc1C. The fourth-order valence-electron chi connectivity index (χ4n) is 2.64. The van der Waals surface area contributed by atoms with Gasteiger partial charge in [0.1, 0.15) is 29.5 Å². The zero-order valence-electron chi connectivity index (χ0n) is 13.8. The number of aryl methyl sites for hydroxylation is 1. The summed E-state index contributed by atoms with van der Waals surface area (Å²) in [5.74, 6) is -0.310. The van der Waals surface area contributed by atoms with Gasteiger partial charge in [-0.15, -0.1) is 0 Å². The number of ether oxygens (including phenoxy) is 1. The molecule has 25 heavy (non-hydrogen) atoms. The smallest absolute Gasteiger partial charge is 0.304 e. The molecule has 2 N–H and O–H groups in total. The van der Waals surface area contributed by atoms with Crippen LogP contribution in [0.25, 0.3) is 10.9 Å². The predicted octanol–water partition coefficient (Wildman–Crippen LogP) is 1.81. The number of halogens is 2. The van der Waals surface area contributed by atoms with Crippen LogP contribution in [0.5, 0.6) is 5.75 Å². The minimum absolute atomic E-state index is 0.0916. The molecule has 0 bridgehead atoms. The van der Waals surface area contributed by atoms with Crippen molar-refractivity contribution >= 4 is 29.7 Å². The highest BCUT2D eigenvalue weighted by Gasteiger charge is 2.13. The molecule has 1 aromatic heterocycles. The molecule has 0 amide bonds. The van der Waals surface area contributed by atoms with Gasteiger partial charge in [-0.1, -0.05) is 0 Å². The first-order valence-electron chi connectivity index (χ1n) is 7.64. The van der Waals surface area contributed by atoms with Gasteiger partial charge in [-0.25, -0.2) is 18.7 Å². The third-order valence-electron chi connectivity index (χ3n) is 3.97. The summed E-state index contributed by atoms with van der Waals surface area (Å²) in [6.07, 6.45) is 1.39. The van der Waals surface area contributed by atoms with E-state index in [1.165, 1.54) is 6.33 Å². The largest absolute Gasteiger partial charge is 0.496 e. The van der Waals surface area contributed by atoms with Crippen LogP contribution in [0.4, 0.5) is 14.6 Å². The molecule has 1 heterocycles. The minimum Gasteiger partial charge on any atom is -0.496 e. The number of anilines is 1. The fraction of sp³-hybridized carbons (Fsp3) is 0.176. The van der Waals surface area contributed by atoms with Crippen LogP contribution < -0.4 is 15.5 Å². The topological polar surface area (TPSA) is 67.3 Å². The zero-order chi connectivity index (χ0) is 18.0. The lowest BCUT2D eigenvalue weighted by Gasteiger charge is -2.12. The summed E-state index contributed by atoms with van der Waals surface area (Å²) in [6, 6.07) is 5.88. The molecule has 3 rings (SSSR count). The molecular weight excluding hydrogens is 327 g/mol. The normalized spacial score (nSPS) is 10.8. The molecule has 0 aliphatic heterocycles. The van der Waals surface area contributed by atoms with Gasteiger partial charge in [0.15, 0.2) is 0 Å². The van der Waals surface area contributed by atoms with Gasteiger partial charge in [-0.3, -0.25) is 0 Å². The molecule has 0 spiro atoms. The van der Waals surface area contributed by atoms with E-state index in [2.05, 4.69) is 15.3 Å². The van der Waals surface area contributed by atoms with E-state index in [0.29, 0.717) is 22.5 Å². The van der Waals surface area contributed by atoms with Crippen molar-refractivity contribution in [3.05, 3.63) is 53.4 Å². The maximum absolute atomic E-state index is 14.0. The second kappa shape index (κ2) is 7.02. The highest BCUT2D eigenvalue weighted by atomic mass is 19.1. The van der Waals surface area contributed by atoms with Crippen molar-refractivity contribution in [3.63, 3.8) is 0 Å². The third-order valence-corrected chi connectivity index (χ3v) is 3.97. The van der Waals surface area contributed by atoms with Crippen LogP contribution in [0.2, 0.25) is 0 Å². The Bertz CT molecular complexity index is 914.